The average molecular weight is 277 g/mol. The lowest BCUT2D eigenvalue weighted by Gasteiger charge is -2.38. The summed E-state index contributed by atoms with van der Waals surface area (Å²) in [6, 6.07) is 5.29. The van der Waals surface area contributed by atoms with Crippen LogP contribution in [0, 0.1) is 0 Å². The van der Waals surface area contributed by atoms with Gasteiger partial charge >= 0.3 is 0 Å². The molecule has 1 atom stereocenters. The Bertz CT molecular complexity index is 500. The van der Waals surface area contributed by atoms with Crippen LogP contribution in [0.5, 0.6) is 0 Å². The van der Waals surface area contributed by atoms with E-state index in [0.717, 1.165) is 25.1 Å². The molecule has 0 aromatic heterocycles. The Morgan fingerprint density at radius 2 is 2.30 bits per heavy atom. The van der Waals surface area contributed by atoms with Crippen molar-refractivity contribution in [1.29, 1.82) is 0 Å². The van der Waals surface area contributed by atoms with Gasteiger partial charge in [0.25, 0.3) is 5.91 Å². The molecule has 1 aromatic rings. The smallest absolute Gasteiger partial charge is 0.251 e. The number of β-amino-alcohol motifs (C(OH)–C–C–N with tert-alkyl or cyclic N) is 1. The summed E-state index contributed by atoms with van der Waals surface area (Å²) in [6.45, 7) is 5.70. The number of rotatable bonds is 3. The molecule has 0 radical (unpaired) electrons. The maximum Gasteiger partial charge on any atom is 0.251 e. The van der Waals surface area contributed by atoms with Crippen LogP contribution in [-0.2, 0) is 0 Å². The van der Waals surface area contributed by atoms with Crippen LogP contribution in [0.3, 0.4) is 0 Å². The summed E-state index contributed by atoms with van der Waals surface area (Å²) >= 11 is 0. The normalized spacial score (nSPS) is 22.6. The summed E-state index contributed by atoms with van der Waals surface area (Å²) in [5.74, 6) is -0.0995. The van der Waals surface area contributed by atoms with Crippen molar-refractivity contribution >= 4 is 17.3 Å². The van der Waals surface area contributed by atoms with Gasteiger partial charge in [-0.1, -0.05) is 0 Å². The lowest BCUT2D eigenvalue weighted by Crippen LogP contribution is -2.46. The summed E-state index contributed by atoms with van der Waals surface area (Å²) in [5.41, 5.74) is 7.39. The van der Waals surface area contributed by atoms with Crippen molar-refractivity contribution < 1.29 is 9.90 Å². The van der Waals surface area contributed by atoms with Crippen molar-refractivity contribution in [3.05, 3.63) is 23.8 Å². The fourth-order valence-electron chi connectivity index (χ4n) is 2.65. The molecule has 1 aliphatic heterocycles. The molecule has 1 heterocycles. The second-order valence-electron chi connectivity index (χ2n) is 5.66. The molecule has 1 aromatic carbocycles. The molecule has 5 heteroatoms. The number of nitrogen functional groups attached to an aromatic ring is 1. The molecule has 4 N–H and O–H groups in total. The van der Waals surface area contributed by atoms with E-state index in [1.807, 2.05) is 19.9 Å². The van der Waals surface area contributed by atoms with E-state index in [9.17, 15) is 9.90 Å². The van der Waals surface area contributed by atoms with Gasteiger partial charge in [0.2, 0.25) is 0 Å². The zero-order valence-corrected chi connectivity index (χ0v) is 12.1. The average Bonchev–Trinajstić information content (AvgIpc) is 2.38. The first-order valence-electron chi connectivity index (χ1n) is 7.08. The van der Waals surface area contributed by atoms with Crippen molar-refractivity contribution in [3.63, 3.8) is 0 Å². The Balaban J connectivity index is 2.26. The highest BCUT2D eigenvalue weighted by atomic mass is 16.3. The second-order valence-corrected chi connectivity index (χ2v) is 5.66. The number of nitrogens with zero attached hydrogens (tertiary/aromatic N) is 1. The minimum absolute atomic E-state index is 0.0995. The first-order valence-corrected chi connectivity index (χ1v) is 7.08. The number of amides is 1. The quantitative estimate of drug-likeness (QED) is 0.729. The molecule has 20 heavy (non-hydrogen) atoms. The minimum atomic E-state index is -0.702. The molecule has 1 fully saturated rings. The summed E-state index contributed by atoms with van der Waals surface area (Å²) in [6.07, 6.45) is 1.71. The Morgan fingerprint density at radius 1 is 1.55 bits per heavy atom. The van der Waals surface area contributed by atoms with Crippen LogP contribution >= 0.6 is 0 Å². The van der Waals surface area contributed by atoms with Crippen LogP contribution in [0.4, 0.5) is 11.4 Å². The van der Waals surface area contributed by atoms with Crippen LogP contribution in [0.2, 0.25) is 0 Å². The van der Waals surface area contributed by atoms with E-state index in [1.165, 1.54) is 0 Å². The van der Waals surface area contributed by atoms with Crippen LogP contribution in [0.1, 0.15) is 37.0 Å². The molecule has 1 aliphatic rings. The lowest BCUT2D eigenvalue weighted by atomic mass is 9.94. The van der Waals surface area contributed by atoms with E-state index in [4.69, 9.17) is 5.73 Å². The van der Waals surface area contributed by atoms with Gasteiger partial charge in [-0.15, -0.1) is 0 Å². The van der Waals surface area contributed by atoms with Gasteiger partial charge in [-0.3, -0.25) is 4.79 Å². The van der Waals surface area contributed by atoms with Crippen LogP contribution < -0.4 is 16.0 Å². The number of nitrogens with two attached hydrogens (primary N) is 1. The number of hydrogen-bond donors (Lipinski definition) is 3. The molecule has 1 amide bonds. The van der Waals surface area contributed by atoms with E-state index in [2.05, 4.69) is 10.2 Å². The largest absolute Gasteiger partial charge is 0.397 e. The fraction of sp³-hybridized carbons (Fsp3) is 0.533. The molecular formula is C15H23N3O2. The number of piperidine rings is 1. The van der Waals surface area contributed by atoms with Gasteiger partial charge in [0.1, 0.15) is 0 Å². The number of anilines is 2. The van der Waals surface area contributed by atoms with Crippen molar-refractivity contribution in [2.24, 2.45) is 0 Å². The molecule has 1 unspecified atom stereocenters. The van der Waals surface area contributed by atoms with E-state index in [0.29, 0.717) is 24.3 Å². The monoisotopic (exact) mass is 277 g/mol. The molecule has 5 nitrogen and oxygen atoms in total. The highest BCUT2D eigenvalue weighted by molar-refractivity contribution is 5.96. The molecule has 0 spiro atoms. The molecule has 110 valence electrons. The van der Waals surface area contributed by atoms with Gasteiger partial charge in [-0.05, 0) is 44.9 Å². The number of aliphatic hydroxyl groups is 1. The molecule has 0 aliphatic carbocycles. The summed E-state index contributed by atoms with van der Waals surface area (Å²) in [4.78, 5) is 14.0. The number of carbonyl (C=O) groups is 1. The zero-order valence-electron chi connectivity index (χ0n) is 12.1. The minimum Gasteiger partial charge on any atom is -0.397 e. The van der Waals surface area contributed by atoms with E-state index < -0.39 is 5.60 Å². The van der Waals surface area contributed by atoms with Crippen molar-refractivity contribution in [3.8, 4) is 0 Å². The predicted octanol–water partition coefficient (Wildman–Crippen LogP) is 1.37. The lowest BCUT2D eigenvalue weighted by molar-refractivity contribution is 0.0450. The maximum atomic E-state index is 11.9. The first-order chi connectivity index (χ1) is 9.43. The highest BCUT2D eigenvalue weighted by Crippen LogP contribution is 2.30. The van der Waals surface area contributed by atoms with Gasteiger partial charge in [0.15, 0.2) is 0 Å². The number of carbonyl (C=O) groups excluding carboxylic acids is 1. The number of hydrogen-bond acceptors (Lipinski definition) is 4. The summed E-state index contributed by atoms with van der Waals surface area (Å²) in [7, 11) is 0. The fourth-order valence-corrected chi connectivity index (χ4v) is 2.65. The molecule has 0 bridgehead atoms. The van der Waals surface area contributed by atoms with Gasteiger partial charge in [-0.2, -0.15) is 0 Å². The Kier molecular flexibility index (Phi) is 4.18. The van der Waals surface area contributed by atoms with Crippen LogP contribution in [-0.4, -0.2) is 36.2 Å². The van der Waals surface area contributed by atoms with E-state index >= 15 is 0 Å². The predicted molar refractivity (Wildman–Crippen MR) is 80.9 cm³/mol. The molecular weight excluding hydrogens is 254 g/mol. The Labute approximate surface area is 119 Å². The van der Waals surface area contributed by atoms with Gasteiger partial charge in [0.05, 0.1) is 17.0 Å². The molecule has 0 saturated carbocycles. The van der Waals surface area contributed by atoms with Gasteiger partial charge < -0.3 is 21.1 Å². The van der Waals surface area contributed by atoms with E-state index in [-0.39, 0.29) is 5.91 Å². The SMILES string of the molecule is CCNC(=O)c1ccc(N)c(N2CCCC(C)(O)C2)c1. The first kappa shape index (κ1) is 14.7. The van der Waals surface area contributed by atoms with Crippen molar-refractivity contribution in [2.45, 2.75) is 32.3 Å². The standard InChI is InChI=1S/C15H23N3O2/c1-3-17-14(19)11-5-6-12(16)13(9-11)18-8-4-7-15(2,20)10-18/h5-6,9,20H,3-4,7-8,10,16H2,1-2H3,(H,17,19). The maximum absolute atomic E-state index is 11.9. The summed E-state index contributed by atoms with van der Waals surface area (Å²) < 4.78 is 0. The Morgan fingerprint density at radius 3 is 2.95 bits per heavy atom. The van der Waals surface area contributed by atoms with Crippen molar-refractivity contribution in [1.82, 2.24) is 5.32 Å². The van der Waals surface area contributed by atoms with Gasteiger partial charge in [0, 0.05) is 25.2 Å². The van der Waals surface area contributed by atoms with E-state index in [1.54, 1.807) is 12.1 Å². The Hall–Kier alpha value is -1.75. The third-order valence-electron chi connectivity index (χ3n) is 3.65. The highest BCUT2D eigenvalue weighted by Gasteiger charge is 2.29. The van der Waals surface area contributed by atoms with Crippen molar-refractivity contribution in [2.75, 3.05) is 30.3 Å². The third-order valence-corrected chi connectivity index (χ3v) is 3.65. The number of benzene rings is 1. The third kappa shape index (κ3) is 3.22. The molecule has 2 rings (SSSR count). The van der Waals surface area contributed by atoms with Crippen LogP contribution in [0.25, 0.3) is 0 Å². The van der Waals surface area contributed by atoms with Gasteiger partial charge in [-0.25, -0.2) is 0 Å². The topological polar surface area (TPSA) is 78.6 Å². The number of nitrogens with one attached hydrogen (secondary N) is 1. The zero-order chi connectivity index (χ0) is 14.8. The second kappa shape index (κ2) is 5.71. The van der Waals surface area contributed by atoms with Crippen LogP contribution in [0.15, 0.2) is 18.2 Å². The molecule has 1 saturated heterocycles. The summed E-state index contributed by atoms with van der Waals surface area (Å²) in [5, 5.41) is 13.0.